The van der Waals surface area contributed by atoms with Crippen LogP contribution >= 0.6 is 0 Å². The van der Waals surface area contributed by atoms with Crippen LogP contribution in [0.25, 0.3) is 0 Å². The van der Waals surface area contributed by atoms with E-state index in [1.54, 1.807) is 4.90 Å². The molecule has 0 spiro atoms. The SMILES string of the molecule is CC(CCCO)NC1CN(C(=O)OC(C)(C)C)C1. The Kier molecular flexibility index (Phi) is 5.41. The molecule has 1 aliphatic rings. The van der Waals surface area contributed by atoms with E-state index in [4.69, 9.17) is 9.84 Å². The molecule has 0 radical (unpaired) electrons. The maximum atomic E-state index is 11.7. The van der Waals surface area contributed by atoms with Crippen molar-refractivity contribution in [2.75, 3.05) is 19.7 Å². The highest BCUT2D eigenvalue weighted by Gasteiger charge is 2.33. The van der Waals surface area contributed by atoms with Crippen molar-refractivity contribution >= 4 is 6.09 Å². The van der Waals surface area contributed by atoms with E-state index in [0.717, 1.165) is 12.8 Å². The summed E-state index contributed by atoms with van der Waals surface area (Å²) in [6, 6.07) is 0.731. The Hall–Kier alpha value is -0.810. The van der Waals surface area contributed by atoms with Crippen LogP contribution in [-0.2, 0) is 4.74 Å². The maximum Gasteiger partial charge on any atom is 0.410 e. The summed E-state index contributed by atoms with van der Waals surface area (Å²) in [5.41, 5.74) is -0.427. The minimum Gasteiger partial charge on any atom is -0.444 e. The molecule has 1 rings (SSSR count). The number of nitrogens with one attached hydrogen (secondary N) is 1. The lowest BCUT2D eigenvalue weighted by Crippen LogP contribution is -2.62. The molecule has 0 aromatic rings. The van der Waals surface area contributed by atoms with Gasteiger partial charge in [-0.05, 0) is 40.5 Å². The fraction of sp³-hybridized carbons (Fsp3) is 0.923. The summed E-state index contributed by atoms with van der Waals surface area (Å²) in [6.45, 7) is 9.37. The third-order valence-corrected chi connectivity index (χ3v) is 2.85. The number of ether oxygens (including phenoxy) is 1. The second-order valence-electron chi connectivity index (χ2n) is 6.02. The zero-order chi connectivity index (χ0) is 13.8. The summed E-state index contributed by atoms with van der Waals surface area (Å²) in [4.78, 5) is 13.4. The molecule has 0 aromatic carbocycles. The van der Waals surface area contributed by atoms with Gasteiger partial charge in [-0.3, -0.25) is 0 Å². The predicted molar refractivity (Wildman–Crippen MR) is 70.5 cm³/mol. The maximum absolute atomic E-state index is 11.7. The molecule has 0 bridgehead atoms. The first-order chi connectivity index (χ1) is 8.31. The topological polar surface area (TPSA) is 61.8 Å². The molecule has 0 aliphatic carbocycles. The molecule has 2 N–H and O–H groups in total. The number of hydrogen-bond donors (Lipinski definition) is 2. The molecule has 5 nitrogen and oxygen atoms in total. The van der Waals surface area contributed by atoms with Gasteiger partial charge in [-0.2, -0.15) is 0 Å². The van der Waals surface area contributed by atoms with Crippen LogP contribution in [0, 0.1) is 0 Å². The van der Waals surface area contributed by atoms with Gasteiger partial charge in [-0.25, -0.2) is 4.79 Å². The molecule has 1 saturated heterocycles. The lowest BCUT2D eigenvalue weighted by molar-refractivity contribution is 0.00421. The fourth-order valence-electron chi connectivity index (χ4n) is 1.94. The third kappa shape index (κ3) is 5.23. The number of aliphatic hydroxyl groups excluding tert-OH is 1. The third-order valence-electron chi connectivity index (χ3n) is 2.85. The van der Waals surface area contributed by atoms with Crippen molar-refractivity contribution < 1.29 is 14.6 Å². The normalized spacial score (nSPS) is 18.4. The van der Waals surface area contributed by atoms with Gasteiger partial charge >= 0.3 is 6.09 Å². The van der Waals surface area contributed by atoms with Crippen LogP contribution in [-0.4, -0.2) is 53.5 Å². The number of rotatable bonds is 5. The molecule has 0 saturated carbocycles. The summed E-state index contributed by atoms with van der Waals surface area (Å²) >= 11 is 0. The highest BCUT2D eigenvalue weighted by atomic mass is 16.6. The van der Waals surface area contributed by atoms with Crippen molar-refractivity contribution in [2.45, 2.75) is 58.2 Å². The van der Waals surface area contributed by atoms with Gasteiger partial charge in [0.25, 0.3) is 0 Å². The first-order valence-electron chi connectivity index (χ1n) is 6.66. The Bertz CT molecular complexity index is 270. The average Bonchev–Trinajstić information content (AvgIpc) is 2.16. The van der Waals surface area contributed by atoms with Gasteiger partial charge in [0.1, 0.15) is 5.60 Å². The Balaban J connectivity index is 2.17. The van der Waals surface area contributed by atoms with Gasteiger partial charge < -0.3 is 20.1 Å². The van der Waals surface area contributed by atoms with Gasteiger partial charge in [0.2, 0.25) is 0 Å². The van der Waals surface area contributed by atoms with Crippen LogP contribution < -0.4 is 5.32 Å². The number of carbonyl (C=O) groups is 1. The molecule has 1 heterocycles. The molecule has 1 amide bonds. The highest BCUT2D eigenvalue weighted by molar-refractivity contribution is 5.69. The quantitative estimate of drug-likeness (QED) is 0.781. The van der Waals surface area contributed by atoms with Crippen molar-refractivity contribution in [3.8, 4) is 0 Å². The Morgan fingerprint density at radius 2 is 2.11 bits per heavy atom. The molecule has 1 unspecified atom stereocenters. The standard InChI is InChI=1S/C13H26N2O3/c1-10(6-5-7-16)14-11-8-15(9-11)12(17)18-13(2,3)4/h10-11,14,16H,5-9H2,1-4H3. The molecule has 0 aromatic heterocycles. The second-order valence-corrected chi connectivity index (χ2v) is 6.02. The van der Waals surface area contributed by atoms with E-state index in [9.17, 15) is 4.79 Å². The summed E-state index contributed by atoms with van der Waals surface area (Å²) in [5, 5.41) is 12.2. The van der Waals surface area contributed by atoms with E-state index in [2.05, 4.69) is 12.2 Å². The zero-order valence-corrected chi connectivity index (χ0v) is 11.9. The van der Waals surface area contributed by atoms with Crippen LogP contribution in [0.4, 0.5) is 4.79 Å². The largest absolute Gasteiger partial charge is 0.444 e. The Morgan fingerprint density at radius 1 is 1.50 bits per heavy atom. The molecular formula is C13H26N2O3. The number of nitrogens with zero attached hydrogens (tertiary/aromatic N) is 1. The summed E-state index contributed by atoms with van der Waals surface area (Å²) in [5.74, 6) is 0. The van der Waals surface area contributed by atoms with E-state index >= 15 is 0 Å². The van der Waals surface area contributed by atoms with Crippen molar-refractivity contribution in [1.29, 1.82) is 0 Å². The van der Waals surface area contributed by atoms with Crippen LogP contribution in [0.15, 0.2) is 0 Å². The molecule has 106 valence electrons. The highest BCUT2D eigenvalue weighted by Crippen LogP contribution is 2.15. The molecular weight excluding hydrogens is 232 g/mol. The fourth-order valence-corrected chi connectivity index (χ4v) is 1.94. The Morgan fingerprint density at radius 3 is 2.61 bits per heavy atom. The number of hydrogen-bond acceptors (Lipinski definition) is 4. The van der Waals surface area contributed by atoms with E-state index in [1.165, 1.54) is 0 Å². The lowest BCUT2D eigenvalue weighted by atomic mass is 10.1. The van der Waals surface area contributed by atoms with Gasteiger partial charge in [0.05, 0.1) is 0 Å². The Labute approximate surface area is 109 Å². The van der Waals surface area contributed by atoms with Gasteiger partial charge in [0.15, 0.2) is 0 Å². The number of aliphatic hydroxyl groups is 1. The number of amides is 1. The van der Waals surface area contributed by atoms with Gasteiger partial charge in [0, 0.05) is 31.8 Å². The number of carbonyl (C=O) groups excluding carboxylic acids is 1. The first-order valence-corrected chi connectivity index (χ1v) is 6.66. The zero-order valence-electron chi connectivity index (χ0n) is 11.9. The predicted octanol–water partition coefficient (Wildman–Crippen LogP) is 1.36. The minimum absolute atomic E-state index is 0.233. The van der Waals surface area contributed by atoms with E-state index in [-0.39, 0.29) is 12.7 Å². The van der Waals surface area contributed by atoms with Gasteiger partial charge in [-0.15, -0.1) is 0 Å². The van der Waals surface area contributed by atoms with Crippen LogP contribution in [0.3, 0.4) is 0 Å². The van der Waals surface area contributed by atoms with E-state index < -0.39 is 5.60 Å². The number of likely N-dealkylation sites (tertiary alicyclic amines) is 1. The monoisotopic (exact) mass is 258 g/mol. The summed E-state index contributed by atoms with van der Waals surface area (Å²) < 4.78 is 5.29. The van der Waals surface area contributed by atoms with Crippen LogP contribution in [0.2, 0.25) is 0 Å². The van der Waals surface area contributed by atoms with Crippen LogP contribution in [0.1, 0.15) is 40.5 Å². The van der Waals surface area contributed by atoms with Crippen molar-refractivity contribution in [3.05, 3.63) is 0 Å². The lowest BCUT2D eigenvalue weighted by Gasteiger charge is -2.41. The molecule has 1 aliphatic heterocycles. The smallest absolute Gasteiger partial charge is 0.410 e. The van der Waals surface area contributed by atoms with E-state index in [0.29, 0.717) is 25.2 Å². The molecule has 5 heteroatoms. The first kappa shape index (κ1) is 15.2. The summed E-state index contributed by atoms with van der Waals surface area (Å²) in [6.07, 6.45) is 1.54. The van der Waals surface area contributed by atoms with Crippen molar-refractivity contribution in [2.24, 2.45) is 0 Å². The minimum atomic E-state index is -0.427. The van der Waals surface area contributed by atoms with Crippen molar-refractivity contribution in [3.63, 3.8) is 0 Å². The van der Waals surface area contributed by atoms with E-state index in [1.807, 2.05) is 20.8 Å². The van der Waals surface area contributed by atoms with Gasteiger partial charge in [-0.1, -0.05) is 0 Å². The summed E-state index contributed by atoms with van der Waals surface area (Å²) in [7, 11) is 0. The molecule has 18 heavy (non-hydrogen) atoms. The van der Waals surface area contributed by atoms with Crippen molar-refractivity contribution in [1.82, 2.24) is 10.2 Å². The molecule has 1 atom stereocenters. The molecule has 1 fully saturated rings. The van der Waals surface area contributed by atoms with Crippen LogP contribution in [0.5, 0.6) is 0 Å². The average molecular weight is 258 g/mol. The second kappa shape index (κ2) is 6.38.